The molecule has 3 nitrogen and oxygen atoms in total. The van der Waals surface area contributed by atoms with Gasteiger partial charge in [-0.15, -0.1) is 6.58 Å². The number of hydrogen-bond acceptors (Lipinski definition) is 3. The average molecular weight is 384 g/mol. The number of nitrogens with zero attached hydrogens (tertiary/aromatic N) is 2. The van der Waals surface area contributed by atoms with Gasteiger partial charge in [-0.05, 0) is 28.2 Å². The van der Waals surface area contributed by atoms with Crippen molar-refractivity contribution < 1.29 is 4.84 Å². The molecule has 4 heteroatoms. The van der Waals surface area contributed by atoms with Crippen molar-refractivity contribution in [1.29, 1.82) is 0 Å². The lowest BCUT2D eigenvalue weighted by molar-refractivity contribution is -0.151. The number of benzene rings is 1. The fourth-order valence-corrected chi connectivity index (χ4v) is 3.20. The van der Waals surface area contributed by atoms with Crippen LogP contribution in [0.15, 0.2) is 52.6 Å². The Kier molecular flexibility index (Phi) is 6.22. The summed E-state index contributed by atoms with van der Waals surface area (Å²) in [5, 5.41) is 1.93. The van der Waals surface area contributed by atoms with E-state index in [0.717, 1.165) is 19.6 Å². The molecule has 1 heterocycles. The van der Waals surface area contributed by atoms with Gasteiger partial charge in [-0.25, -0.2) is 0 Å². The predicted molar refractivity (Wildman–Crippen MR) is 91.5 cm³/mol. The molecule has 0 N–H and O–H groups in total. The van der Waals surface area contributed by atoms with Crippen LogP contribution in [0.4, 0.5) is 0 Å². The Hall–Kier alpha value is -0.690. The lowest BCUT2D eigenvalue weighted by Crippen LogP contribution is -2.44. The monoisotopic (exact) mass is 384 g/mol. The minimum atomic E-state index is 0.291. The molecular weight excluding hydrogens is 363 g/mol. The second kappa shape index (κ2) is 7.93. The van der Waals surface area contributed by atoms with Crippen molar-refractivity contribution in [2.75, 3.05) is 26.7 Å². The van der Waals surface area contributed by atoms with Crippen LogP contribution in [-0.2, 0) is 11.4 Å². The van der Waals surface area contributed by atoms with E-state index in [0.29, 0.717) is 12.6 Å². The lowest BCUT2D eigenvalue weighted by Gasteiger charge is -2.34. The van der Waals surface area contributed by atoms with Crippen LogP contribution >= 0.6 is 22.6 Å². The summed E-state index contributed by atoms with van der Waals surface area (Å²) in [5.74, 6) is 0. The zero-order valence-electron chi connectivity index (χ0n) is 11.8. The lowest BCUT2D eigenvalue weighted by atomic mass is 10.1. The Balaban J connectivity index is 1.96. The van der Waals surface area contributed by atoms with E-state index in [9.17, 15) is 0 Å². The van der Waals surface area contributed by atoms with Crippen LogP contribution in [0.3, 0.4) is 0 Å². The van der Waals surface area contributed by atoms with Crippen LogP contribution in [-0.4, -0.2) is 42.7 Å². The molecule has 20 heavy (non-hydrogen) atoms. The van der Waals surface area contributed by atoms with E-state index in [-0.39, 0.29) is 0 Å². The highest BCUT2D eigenvalue weighted by Gasteiger charge is 2.22. The maximum absolute atomic E-state index is 5.62. The first kappa shape index (κ1) is 15.7. The maximum atomic E-state index is 5.62. The molecule has 0 amide bonds. The summed E-state index contributed by atoms with van der Waals surface area (Å²) in [7, 11) is 1.99. The summed E-state index contributed by atoms with van der Waals surface area (Å²) in [4.78, 5) is 8.07. The summed E-state index contributed by atoms with van der Waals surface area (Å²) < 4.78 is 1.36. The van der Waals surface area contributed by atoms with E-state index >= 15 is 0 Å². The molecule has 2 rings (SSSR count). The fraction of sp³-hybridized carbons (Fsp3) is 0.375. The van der Waals surface area contributed by atoms with E-state index in [2.05, 4.69) is 70.5 Å². The molecule has 0 aliphatic carbocycles. The molecule has 0 bridgehead atoms. The normalized spacial score (nSPS) is 19.9. The van der Waals surface area contributed by atoms with Gasteiger partial charge >= 0.3 is 0 Å². The van der Waals surface area contributed by atoms with Crippen LogP contribution in [0.1, 0.15) is 5.56 Å². The maximum Gasteiger partial charge on any atom is 0.0864 e. The molecule has 0 radical (unpaired) electrons. The summed E-state index contributed by atoms with van der Waals surface area (Å²) in [5.41, 5.74) is 1.35. The van der Waals surface area contributed by atoms with Gasteiger partial charge in [0.1, 0.15) is 0 Å². The molecule has 1 aliphatic heterocycles. The van der Waals surface area contributed by atoms with Crippen LogP contribution in [0.25, 0.3) is 0 Å². The zero-order valence-corrected chi connectivity index (χ0v) is 14.0. The molecular formula is C16H21IN2O. The predicted octanol–water partition coefficient (Wildman–Crippen LogP) is 3.24. The summed E-state index contributed by atoms with van der Waals surface area (Å²) in [6.07, 6.45) is 4.06. The SMILES string of the molecule is C=CCON(C)C1C=C(I)CN(Cc2ccccc2)C1. The highest BCUT2D eigenvalue weighted by atomic mass is 127. The number of halogens is 1. The Morgan fingerprint density at radius 3 is 2.90 bits per heavy atom. The van der Waals surface area contributed by atoms with Crippen molar-refractivity contribution in [2.24, 2.45) is 0 Å². The molecule has 1 aliphatic rings. The Labute approximate surface area is 135 Å². The first-order valence-electron chi connectivity index (χ1n) is 6.78. The van der Waals surface area contributed by atoms with Gasteiger partial charge in [0.15, 0.2) is 0 Å². The minimum absolute atomic E-state index is 0.291. The molecule has 0 saturated carbocycles. The molecule has 1 atom stereocenters. The van der Waals surface area contributed by atoms with Gasteiger partial charge in [0.05, 0.1) is 12.6 Å². The van der Waals surface area contributed by atoms with E-state index in [4.69, 9.17) is 4.84 Å². The van der Waals surface area contributed by atoms with Crippen molar-refractivity contribution in [3.8, 4) is 0 Å². The highest BCUT2D eigenvalue weighted by Crippen LogP contribution is 2.20. The number of likely N-dealkylation sites (N-methyl/N-ethyl adjacent to an activating group) is 1. The highest BCUT2D eigenvalue weighted by molar-refractivity contribution is 14.1. The van der Waals surface area contributed by atoms with Gasteiger partial charge in [-0.1, -0.05) is 42.5 Å². The third kappa shape index (κ3) is 4.70. The van der Waals surface area contributed by atoms with Crippen LogP contribution in [0.2, 0.25) is 0 Å². The van der Waals surface area contributed by atoms with E-state index in [1.807, 2.05) is 12.1 Å². The fourth-order valence-electron chi connectivity index (χ4n) is 2.30. The van der Waals surface area contributed by atoms with Crippen LogP contribution in [0.5, 0.6) is 0 Å². The summed E-state index contributed by atoms with van der Waals surface area (Å²) in [6.45, 7) is 7.21. The second-order valence-electron chi connectivity index (χ2n) is 4.97. The van der Waals surface area contributed by atoms with Gasteiger partial charge < -0.3 is 0 Å². The number of hydroxylamine groups is 2. The second-order valence-corrected chi connectivity index (χ2v) is 6.35. The standard InChI is InChI=1S/C16H21IN2O/c1-3-9-20-18(2)16-10-15(17)12-19(13-16)11-14-7-5-4-6-8-14/h3-8,10,16H,1,9,11-13H2,2H3. The van der Waals surface area contributed by atoms with Gasteiger partial charge in [-0.2, -0.15) is 5.06 Å². The van der Waals surface area contributed by atoms with E-state index in [1.165, 1.54) is 9.14 Å². The van der Waals surface area contributed by atoms with E-state index in [1.54, 1.807) is 6.08 Å². The van der Waals surface area contributed by atoms with Crippen LogP contribution < -0.4 is 0 Å². The first-order chi connectivity index (χ1) is 9.69. The Morgan fingerprint density at radius 1 is 1.45 bits per heavy atom. The van der Waals surface area contributed by atoms with E-state index < -0.39 is 0 Å². The van der Waals surface area contributed by atoms with Crippen molar-refractivity contribution in [3.05, 3.63) is 58.2 Å². The molecule has 0 saturated heterocycles. The van der Waals surface area contributed by atoms with Crippen molar-refractivity contribution >= 4 is 22.6 Å². The molecule has 1 aromatic carbocycles. The summed E-state index contributed by atoms with van der Waals surface area (Å²) in [6, 6.07) is 10.9. The molecule has 0 spiro atoms. The molecule has 0 fully saturated rings. The number of rotatable bonds is 6. The van der Waals surface area contributed by atoms with Crippen molar-refractivity contribution in [2.45, 2.75) is 12.6 Å². The largest absolute Gasteiger partial charge is 0.295 e. The molecule has 1 aromatic rings. The van der Waals surface area contributed by atoms with Crippen molar-refractivity contribution in [3.63, 3.8) is 0 Å². The molecule has 108 valence electrons. The number of hydrogen-bond donors (Lipinski definition) is 0. The third-order valence-electron chi connectivity index (χ3n) is 3.31. The zero-order chi connectivity index (χ0) is 14.4. The van der Waals surface area contributed by atoms with Gasteiger partial charge in [0, 0.05) is 30.3 Å². The van der Waals surface area contributed by atoms with Gasteiger partial charge in [0.25, 0.3) is 0 Å². The molecule has 1 unspecified atom stereocenters. The first-order valence-corrected chi connectivity index (χ1v) is 7.86. The smallest absolute Gasteiger partial charge is 0.0864 e. The average Bonchev–Trinajstić information content (AvgIpc) is 2.45. The minimum Gasteiger partial charge on any atom is -0.295 e. The Morgan fingerprint density at radius 2 is 2.20 bits per heavy atom. The van der Waals surface area contributed by atoms with Crippen molar-refractivity contribution in [1.82, 2.24) is 9.96 Å². The van der Waals surface area contributed by atoms with Crippen LogP contribution in [0, 0.1) is 0 Å². The summed E-state index contributed by atoms with van der Waals surface area (Å²) >= 11 is 2.42. The Bertz CT molecular complexity index is 461. The van der Waals surface area contributed by atoms with Gasteiger partial charge in [0.2, 0.25) is 0 Å². The molecule has 0 aromatic heterocycles. The third-order valence-corrected chi connectivity index (χ3v) is 4.01. The topological polar surface area (TPSA) is 15.7 Å². The quantitative estimate of drug-likeness (QED) is 0.426. The van der Waals surface area contributed by atoms with Gasteiger partial charge in [-0.3, -0.25) is 9.74 Å².